The lowest BCUT2D eigenvalue weighted by molar-refractivity contribution is -0.141. The molecule has 0 atom stereocenters. The number of rotatable bonds is 8. The van der Waals surface area contributed by atoms with Gasteiger partial charge in [-0.2, -0.15) is 18.2 Å². The molecule has 3 fully saturated rings. The maximum Gasteiger partial charge on any atom is 0.437 e. The quantitative estimate of drug-likeness (QED) is 0.456. The van der Waals surface area contributed by atoms with Crippen LogP contribution < -0.4 is 15.1 Å². The van der Waals surface area contributed by atoms with Crippen molar-refractivity contribution >= 4 is 23.5 Å². The largest absolute Gasteiger partial charge is 0.437 e. The Bertz CT molecular complexity index is 1130. The number of oxazole rings is 1. The molecule has 0 aromatic carbocycles. The van der Waals surface area contributed by atoms with Crippen molar-refractivity contribution < 1.29 is 27.2 Å². The molecule has 8 nitrogen and oxygen atoms in total. The molecule has 3 aliphatic rings. The SMILES string of the molecule is O=C(CC1CCN(c2ccc(CC(=O)c3oc(N4CCCCC4)nc3C(F)(F)F)cn2)CC1)NC1CCCC1. The Balaban J connectivity index is 1.15. The van der Waals surface area contributed by atoms with Crippen LogP contribution in [0.1, 0.15) is 86.0 Å². The van der Waals surface area contributed by atoms with Crippen molar-refractivity contribution in [2.75, 3.05) is 36.0 Å². The Hall–Kier alpha value is -3.11. The molecular formula is C28H36F3N5O3. The number of anilines is 2. The van der Waals surface area contributed by atoms with Gasteiger partial charge in [-0.15, -0.1) is 0 Å². The molecule has 2 aromatic heterocycles. The number of nitrogens with zero attached hydrogens (tertiary/aromatic N) is 4. The highest BCUT2D eigenvalue weighted by Crippen LogP contribution is 2.35. The van der Waals surface area contributed by atoms with Crippen LogP contribution >= 0.6 is 0 Å². The fourth-order valence-electron chi connectivity index (χ4n) is 5.87. The number of amides is 1. The maximum absolute atomic E-state index is 13.6. The zero-order valence-corrected chi connectivity index (χ0v) is 22.1. The number of hydrogen-bond donors (Lipinski definition) is 1. The van der Waals surface area contributed by atoms with Crippen molar-refractivity contribution in [3.63, 3.8) is 0 Å². The van der Waals surface area contributed by atoms with Crippen LogP contribution in [-0.4, -0.2) is 53.9 Å². The van der Waals surface area contributed by atoms with E-state index in [4.69, 9.17) is 4.42 Å². The summed E-state index contributed by atoms with van der Waals surface area (Å²) in [5.41, 5.74) is -0.760. The van der Waals surface area contributed by atoms with Crippen LogP contribution in [0.4, 0.5) is 25.0 Å². The summed E-state index contributed by atoms with van der Waals surface area (Å²) in [5.74, 6) is -0.270. The second-order valence-electron chi connectivity index (χ2n) is 11.0. The van der Waals surface area contributed by atoms with Gasteiger partial charge in [0.1, 0.15) is 5.82 Å². The van der Waals surface area contributed by atoms with Crippen LogP contribution in [0.3, 0.4) is 0 Å². The molecule has 1 N–H and O–H groups in total. The summed E-state index contributed by atoms with van der Waals surface area (Å²) in [6.07, 6.45) is 6.08. The average molecular weight is 548 g/mol. The van der Waals surface area contributed by atoms with Gasteiger partial charge in [0.15, 0.2) is 5.69 Å². The van der Waals surface area contributed by atoms with E-state index in [1.165, 1.54) is 19.0 Å². The van der Waals surface area contributed by atoms with Crippen molar-refractivity contribution in [1.82, 2.24) is 15.3 Å². The lowest BCUT2D eigenvalue weighted by atomic mass is 9.93. The van der Waals surface area contributed by atoms with E-state index in [9.17, 15) is 22.8 Å². The third-order valence-corrected chi connectivity index (χ3v) is 8.07. The third-order valence-electron chi connectivity index (χ3n) is 8.07. The summed E-state index contributed by atoms with van der Waals surface area (Å²) in [6, 6.07) is 3.71. The molecule has 0 spiro atoms. The van der Waals surface area contributed by atoms with Gasteiger partial charge < -0.3 is 19.5 Å². The van der Waals surface area contributed by atoms with E-state index in [0.29, 0.717) is 37.0 Å². The molecule has 2 saturated heterocycles. The Morgan fingerprint density at radius 2 is 1.67 bits per heavy atom. The van der Waals surface area contributed by atoms with E-state index in [0.717, 1.165) is 63.9 Å². The van der Waals surface area contributed by atoms with Gasteiger partial charge in [0.2, 0.25) is 17.5 Å². The predicted octanol–water partition coefficient (Wildman–Crippen LogP) is 5.17. The summed E-state index contributed by atoms with van der Waals surface area (Å²) in [6.45, 7) is 2.67. The standard InChI is InChI=1S/C28H36F3N5O3/c29-28(30,31)26-25(39-27(34-26)36-12-4-1-5-13-36)22(37)16-20-8-9-23(32-18-20)35-14-10-19(11-15-35)17-24(38)33-21-6-2-3-7-21/h8-9,18-19,21H,1-7,10-17H2,(H,33,38). The first kappa shape index (κ1) is 27.5. The number of carbonyl (C=O) groups excluding carboxylic acids is 2. The van der Waals surface area contributed by atoms with E-state index in [-0.39, 0.29) is 18.3 Å². The minimum absolute atomic E-state index is 0.140. The second kappa shape index (κ2) is 12.0. The smallest absolute Gasteiger partial charge is 0.420 e. The second-order valence-corrected chi connectivity index (χ2v) is 11.0. The number of piperidine rings is 2. The zero-order valence-electron chi connectivity index (χ0n) is 22.1. The van der Waals surface area contributed by atoms with Gasteiger partial charge in [-0.1, -0.05) is 18.9 Å². The molecule has 1 saturated carbocycles. The van der Waals surface area contributed by atoms with Gasteiger partial charge in [-0.3, -0.25) is 9.59 Å². The summed E-state index contributed by atoms with van der Waals surface area (Å²) in [5, 5.41) is 3.16. The van der Waals surface area contributed by atoms with Crippen LogP contribution in [0.15, 0.2) is 22.7 Å². The zero-order chi connectivity index (χ0) is 27.4. The molecule has 11 heteroatoms. The molecule has 2 aliphatic heterocycles. The van der Waals surface area contributed by atoms with E-state index >= 15 is 0 Å². The lowest BCUT2D eigenvalue weighted by Gasteiger charge is -2.32. The highest BCUT2D eigenvalue weighted by molar-refractivity contribution is 5.96. The Morgan fingerprint density at radius 1 is 0.949 bits per heavy atom. The minimum atomic E-state index is -4.78. The van der Waals surface area contributed by atoms with Crippen LogP contribution in [-0.2, 0) is 17.4 Å². The average Bonchev–Trinajstić information content (AvgIpc) is 3.61. The first-order valence-corrected chi connectivity index (χ1v) is 14.1. The Labute approximate surface area is 226 Å². The molecule has 0 bridgehead atoms. The summed E-state index contributed by atoms with van der Waals surface area (Å²) >= 11 is 0. The number of aromatic nitrogens is 2. The van der Waals surface area contributed by atoms with Gasteiger partial charge in [0.05, 0.1) is 0 Å². The molecule has 212 valence electrons. The fraction of sp³-hybridized carbons (Fsp3) is 0.643. The first-order chi connectivity index (χ1) is 18.8. The number of halogens is 3. The van der Waals surface area contributed by atoms with Crippen LogP contribution in [0.2, 0.25) is 0 Å². The van der Waals surface area contributed by atoms with E-state index in [2.05, 4.69) is 20.2 Å². The normalized spacial score (nSPS) is 19.5. The lowest BCUT2D eigenvalue weighted by Crippen LogP contribution is -2.38. The molecule has 1 amide bonds. The highest BCUT2D eigenvalue weighted by Gasteiger charge is 2.41. The molecule has 5 rings (SSSR count). The number of ketones is 1. The van der Waals surface area contributed by atoms with Crippen molar-refractivity contribution in [1.29, 1.82) is 0 Å². The number of Topliss-reactive ketones (excluding diaryl/α,β-unsaturated/α-hetero) is 1. The number of pyridine rings is 1. The maximum atomic E-state index is 13.6. The highest BCUT2D eigenvalue weighted by atomic mass is 19.4. The van der Waals surface area contributed by atoms with E-state index < -0.39 is 23.4 Å². The van der Waals surface area contributed by atoms with Crippen LogP contribution in [0.5, 0.6) is 0 Å². The van der Waals surface area contributed by atoms with E-state index in [1.807, 2.05) is 0 Å². The summed E-state index contributed by atoms with van der Waals surface area (Å²) in [7, 11) is 0. The first-order valence-electron chi connectivity index (χ1n) is 14.1. The number of nitrogens with one attached hydrogen (secondary N) is 1. The van der Waals surface area contributed by atoms with Crippen molar-refractivity contribution in [3.05, 3.63) is 35.3 Å². The minimum Gasteiger partial charge on any atom is -0.420 e. The third kappa shape index (κ3) is 6.91. The molecule has 2 aromatic rings. The summed E-state index contributed by atoms with van der Waals surface area (Å²) < 4.78 is 46.3. The van der Waals surface area contributed by atoms with Gasteiger partial charge in [-0.05, 0) is 62.5 Å². The molecule has 4 heterocycles. The molecule has 0 radical (unpaired) electrons. The molecular weight excluding hydrogens is 511 g/mol. The Kier molecular flexibility index (Phi) is 8.42. The molecule has 39 heavy (non-hydrogen) atoms. The number of alkyl halides is 3. The van der Waals surface area contributed by atoms with Gasteiger partial charge >= 0.3 is 6.18 Å². The van der Waals surface area contributed by atoms with Gasteiger partial charge in [0.25, 0.3) is 6.01 Å². The molecule has 1 aliphatic carbocycles. The van der Waals surface area contributed by atoms with Crippen molar-refractivity contribution in [2.45, 2.75) is 82.8 Å². The van der Waals surface area contributed by atoms with Crippen molar-refractivity contribution in [2.24, 2.45) is 5.92 Å². The van der Waals surface area contributed by atoms with Crippen molar-refractivity contribution in [3.8, 4) is 0 Å². The van der Waals surface area contributed by atoms with Gasteiger partial charge in [-0.25, -0.2) is 4.98 Å². The van der Waals surface area contributed by atoms with Crippen LogP contribution in [0, 0.1) is 5.92 Å². The number of carbonyl (C=O) groups is 2. The Morgan fingerprint density at radius 3 is 2.31 bits per heavy atom. The van der Waals surface area contributed by atoms with E-state index in [1.54, 1.807) is 17.0 Å². The molecule has 0 unspecified atom stereocenters. The fourth-order valence-corrected chi connectivity index (χ4v) is 5.87. The predicted molar refractivity (Wildman–Crippen MR) is 140 cm³/mol. The van der Waals surface area contributed by atoms with Gasteiger partial charge in [0, 0.05) is 51.3 Å². The monoisotopic (exact) mass is 547 g/mol. The van der Waals surface area contributed by atoms with Crippen LogP contribution in [0.25, 0.3) is 0 Å². The number of hydrogen-bond acceptors (Lipinski definition) is 7. The summed E-state index contributed by atoms with van der Waals surface area (Å²) in [4.78, 5) is 37.2. The topological polar surface area (TPSA) is 91.6 Å².